The average molecular weight is 591 g/mol. The van der Waals surface area contributed by atoms with E-state index < -0.39 is 0 Å². The highest BCUT2D eigenvalue weighted by Crippen LogP contribution is 2.45. The van der Waals surface area contributed by atoms with Crippen LogP contribution in [0.3, 0.4) is 0 Å². The number of benzene rings is 7. The van der Waals surface area contributed by atoms with Gasteiger partial charge >= 0.3 is 0 Å². The molecule has 0 fully saturated rings. The smallest absolute Gasteiger partial charge is 0.228 e. The molecule has 7 aromatic carbocycles. The number of nitrogens with zero attached hydrogens (tertiary/aromatic N) is 2. The van der Waals surface area contributed by atoms with Crippen LogP contribution in [0.5, 0.6) is 0 Å². The number of hydrogen-bond acceptors (Lipinski definition) is 4. The lowest BCUT2D eigenvalue weighted by molar-refractivity contribution is 0.620. The highest BCUT2D eigenvalue weighted by molar-refractivity contribution is 6.26. The highest BCUT2D eigenvalue weighted by atomic mass is 16.4. The summed E-state index contributed by atoms with van der Waals surface area (Å²) in [5, 5.41) is 8.85. The predicted molar refractivity (Wildman–Crippen MR) is 186 cm³/mol. The van der Waals surface area contributed by atoms with E-state index in [1.807, 2.05) is 36.4 Å². The normalized spacial score (nSPS) is 12.3. The Labute approximate surface area is 260 Å². The van der Waals surface area contributed by atoms with E-state index in [4.69, 9.17) is 18.2 Å². The van der Waals surface area contributed by atoms with Crippen LogP contribution in [0.15, 0.2) is 147 Å². The number of para-hydroxylation sites is 5. The largest absolute Gasteiger partial charge is 0.456 e. The zero-order valence-corrected chi connectivity index (χ0v) is 24.3. The van der Waals surface area contributed by atoms with Gasteiger partial charge in [0.1, 0.15) is 22.3 Å². The van der Waals surface area contributed by atoms with E-state index in [0.29, 0.717) is 5.89 Å². The number of rotatable bonds is 2. The molecular weight excluding hydrogens is 568 g/mol. The van der Waals surface area contributed by atoms with Crippen molar-refractivity contribution in [3.63, 3.8) is 0 Å². The van der Waals surface area contributed by atoms with E-state index in [2.05, 4.69) is 102 Å². The molecule has 11 aromatic rings. The lowest BCUT2D eigenvalue weighted by atomic mass is 9.99. The summed E-state index contributed by atoms with van der Waals surface area (Å²) in [6, 6.07) is 46.0. The van der Waals surface area contributed by atoms with Crippen molar-refractivity contribution < 1.29 is 13.3 Å². The number of oxazole rings is 1. The minimum absolute atomic E-state index is 0.580. The third-order valence-electron chi connectivity index (χ3n) is 9.42. The molecule has 0 saturated carbocycles. The lowest BCUT2D eigenvalue weighted by Crippen LogP contribution is -1.94. The summed E-state index contributed by atoms with van der Waals surface area (Å²) in [6.45, 7) is 0. The lowest BCUT2D eigenvalue weighted by Gasteiger charge is -2.09. The van der Waals surface area contributed by atoms with E-state index >= 15 is 0 Å². The van der Waals surface area contributed by atoms with Crippen LogP contribution >= 0.6 is 0 Å². The van der Waals surface area contributed by atoms with Crippen LogP contribution in [0.25, 0.3) is 105 Å². The molecule has 0 saturated heterocycles. The van der Waals surface area contributed by atoms with Crippen molar-refractivity contribution in [1.29, 1.82) is 0 Å². The van der Waals surface area contributed by atoms with Gasteiger partial charge in [0.15, 0.2) is 11.2 Å². The molecule has 4 aromatic heterocycles. The van der Waals surface area contributed by atoms with Gasteiger partial charge in [-0.25, -0.2) is 4.98 Å². The first-order valence-electron chi connectivity index (χ1n) is 15.4. The van der Waals surface area contributed by atoms with E-state index in [9.17, 15) is 0 Å². The van der Waals surface area contributed by atoms with Gasteiger partial charge in [0.25, 0.3) is 0 Å². The summed E-state index contributed by atoms with van der Waals surface area (Å²) in [5.74, 6) is 0.580. The molecule has 0 bridgehead atoms. The number of fused-ring (bicyclic) bond motifs is 13. The van der Waals surface area contributed by atoms with E-state index in [1.54, 1.807) is 0 Å². The molecule has 5 nitrogen and oxygen atoms in total. The van der Waals surface area contributed by atoms with Crippen LogP contribution in [-0.4, -0.2) is 9.55 Å². The fourth-order valence-electron chi connectivity index (χ4n) is 7.50. The van der Waals surface area contributed by atoms with Crippen molar-refractivity contribution in [3.05, 3.63) is 133 Å². The Kier molecular flexibility index (Phi) is 4.52. The Balaban J connectivity index is 1.29. The molecule has 0 radical (unpaired) electrons. The zero-order valence-electron chi connectivity index (χ0n) is 24.3. The Morgan fingerprint density at radius 3 is 2.09 bits per heavy atom. The molecule has 4 heterocycles. The van der Waals surface area contributed by atoms with Crippen LogP contribution < -0.4 is 0 Å². The molecule has 0 amide bonds. The summed E-state index contributed by atoms with van der Waals surface area (Å²) < 4.78 is 21.9. The molecule has 0 aliphatic rings. The van der Waals surface area contributed by atoms with Gasteiger partial charge in [-0.2, -0.15) is 0 Å². The number of aromatic nitrogens is 2. The van der Waals surface area contributed by atoms with Crippen LogP contribution in [-0.2, 0) is 0 Å². The van der Waals surface area contributed by atoms with Gasteiger partial charge in [-0.05, 0) is 59.3 Å². The van der Waals surface area contributed by atoms with Gasteiger partial charge in [0.2, 0.25) is 5.89 Å². The van der Waals surface area contributed by atoms with Gasteiger partial charge in [-0.1, -0.05) is 84.9 Å². The van der Waals surface area contributed by atoms with E-state index in [1.165, 1.54) is 10.8 Å². The molecular formula is C41H22N2O3. The van der Waals surface area contributed by atoms with Crippen molar-refractivity contribution in [1.82, 2.24) is 9.55 Å². The minimum atomic E-state index is 0.580. The van der Waals surface area contributed by atoms with Crippen molar-refractivity contribution in [3.8, 4) is 17.1 Å². The first-order chi connectivity index (χ1) is 22.8. The van der Waals surface area contributed by atoms with E-state index in [-0.39, 0.29) is 0 Å². The molecule has 0 spiro atoms. The third-order valence-corrected chi connectivity index (χ3v) is 9.42. The molecule has 0 N–H and O–H groups in total. The average Bonchev–Trinajstić information content (AvgIpc) is 3.87. The Bertz CT molecular complexity index is 3010. The van der Waals surface area contributed by atoms with Crippen molar-refractivity contribution in [2.75, 3.05) is 0 Å². The summed E-state index contributed by atoms with van der Waals surface area (Å²) in [7, 11) is 0. The molecule has 0 atom stereocenters. The molecule has 0 aliphatic carbocycles. The van der Waals surface area contributed by atoms with Crippen molar-refractivity contribution in [2.24, 2.45) is 0 Å². The monoisotopic (exact) mass is 590 g/mol. The third kappa shape index (κ3) is 3.06. The van der Waals surface area contributed by atoms with Crippen LogP contribution in [0.1, 0.15) is 0 Å². The minimum Gasteiger partial charge on any atom is -0.456 e. The van der Waals surface area contributed by atoms with E-state index in [0.717, 1.165) is 88.0 Å². The van der Waals surface area contributed by atoms with Crippen LogP contribution in [0, 0.1) is 0 Å². The van der Waals surface area contributed by atoms with Gasteiger partial charge < -0.3 is 17.8 Å². The Morgan fingerprint density at radius 1 is 0.457 bits per heavy atom. The quantitative estimate of drug-likeness (QED) is 0.201. The maximum Gasteiger partial charge on any atom is 0.228 e. The van der Waals surface area contributed by atoms with Gasteiger partial charge in [0, 0.05) is 32.5 Å². The van der Waals surface area contributed by atoms with Crippen molar-refractivity contribution >= 4 is 87.6 Å². The first-order valence-corrected chi connectivity index (χ1v) is 15.4. The van der Waals surface area contributed by atoms with Gasteiger partial charge in [0.05, 0.1) is 22.1 Å². The zero-order chi connectivity index (χ0) is 29.9. The maximum absolute atomic E-state index is 6.92. The van der Waals surface area contributed by atoms with Gasteiger partial charge in [-0.15, -0.1) is 0 Å². The Morgan fingerprint density at radius 2 is 1.20 bits per heavy atom. The first kappa shape index (κ1) is 24.0. The second kappa shape index (κ2) is 8.65. The highest BCUT2D eigenvalue weighted by Gasteiger charge is 2.23. The molecule has 46 heavy (non-hydrogen) atoms. The SMILES string of the molecule is c1ccc2oc(-c3cc4oc5c(-n6c7ccccc7c7ccc8oc9ccccc9c8c76)cccc5c4c4ccccc34)nc2c1. The summed E-state index contributed by atoms with van der Waals surface area (Å²) in [4.78, 5) is 4.85. The molecule has 11 rings (SSSR count). The summed E-state index contributed by atoms with van der Waals surface area (Å²) >= 11 is 0. The van der Waals surface area contributed by atoms with Crippen molar-refractivity contribution in [2.45, 2.75) is 0 Å². The molecule has 0 unspecified atom stereocenters. The number of hydrogen-bond donors (Lipinski definition) is 0. The molecule has 214 valence electrons. The fourth-order valence-corrected chi connectivity index (χ4v) is 7.50. The molecule has 5 heteroatoms. The second-order valence-electron chi connectivity index (χ2n) is 11.9. The standard InChI is InChI=1S/C41H22N2O3/c1-2-12-25-23(10-1)29(41-42-30-15-5-8-19-34(30)46-41)22-36-37(25)28-14-9-17-32(40(28)45-36)43-31-16-6-3-11-24(31)26-20-21-35-38(39(26)43)27-13-4-7-18-33(27)44-35/h1-22H. The summed E-state index contributed by atoms with van der Waals surface area (Å²) in [5.41, 5.74) is 9.05. The van der Waals surface area contributed by atoms with Crippen LogP contribution in [0.4, 0.5) is 0 Å². The summed E-state index contributed by atoms with van der Waals surface area (Å²) in [6.07, 6.45) is 0. The fraction of sp³-hybridized carbons (Fsp3) is 0. The maximum atomic E-state index is 6.92. The van der Waals surface area contributed by atoms with Gasteiger partial charge in [-0.3, -0.25) is 0 Å². The Hall–Kier alpha value is -6.33. The predicted octanol–water partition coefficient (Wildman–Crippen LogP) is 11.5. The van der Waals surface area contributed by atoms with Crippen LogP contribution in [0.2, 0.25) is 0 Å². The topological polar surface area (TPSA) is 57.2 Å². The second-order valence-corrected chi connectivity index (χ2v) is 11.9. The molecule has 0 aliphatic heterocycles. The number of furan rings is 2.